The van der Waals surface area contributed by atoms with E-state index in [-0.39, 0.29) is 44.8 Å². The normalized spacial score (nSPS) is 45.8. The van der Waals surface area contributed by atoms with E-state index >= 15 is 0 Å². The molecule has 3 aliphatic rings. The highest BCUT2D eigenvalue weighted by Crippen LogP contribution is 2.41. The first-order valence-corrected chi connectivity index (χ1v) is 20.8. The van der Waals surface area contributed by atoms with Crippen LogP contribution in [0.25, 0.3) is 0 Å². The minimum Gasteiger partial charge on any atom is -0.459 e. The van der Waals surface area contributed by atoms with Crippen LogP contribution in [-0.2, 0) is 47.5 Å². The third-order valence-corrected chi connectivity index (χ3v) is 12.6. The molecule has 17 nitrogen and oxygen atoms in total. The second kappa shape index (κ2) is 21.5. The number of carbonyl (C=O) groups is 1. The van der Waals surface area contributed by atoms with Gasteiger partial charge in [-0.15, -0.1) is 0 Å². The van der Waals surface area contributed by atoms with Crippen molar-refractivity contribution in [2.75, 3.05) is 48.3 Å². The standard InChI is InChI=1S/C41H76N2O15/c1-15-29-41(10,49)34(45)24(4)31(42-53-21-52-17-16-50-13)22(2)19-39(8,48)36(58-38-32(44)28(43(11)12)18-23(3)54-38)25(5)33(26(6)37(47)56-29)57-30-20-40(9,51-14)35(46)27(7)55-30/h22-30,32-36,38,44-46,48-49H,15-21H2,1-14H3/t22-,23-,24?,25+,26-,27+,28+,29-,30+,32-,33+,34-,35+,36-,38+,39-,40-,41-/m1/s1. The molecule has 0 aliphatic carbocycles. The minimum atomic E-state index is -1.97. The van der Waals surface area contributed by atoms with Gasteiger partial charge in [-0.05, 0) is 74.9 Å². The highest BCUT2D eigenvalue weighted by Gasteiger charge is 2.53. The molecule has 0 spiro atoms. The first-order valence-electron chi connectivity index (χ1n) is 20.8. The Morgan fingerprint density at radius 1 is 0.897 bits per heavy atom. The van der Waals surface area contributed by atoms with Crippen molar-refractivity contribution in [3.8, 4) is 0 Å². The Balaban J connectivity index is 2.22. The van der Waals surface area contributed by atoms with Gasteiger partial charge < -0.3 is 73.2 Å². The fraction of sp³-hybridized carbons (Fsp3) is 0.951. The fourth-order valence-corrected chi connectivity index (χ4v) is 8.93. The van der Waals surface area contributed by atoms with Crippen LogP contribution in [0.2, 0.25) is 0 Å². The molecule has 0 bridgehead atoms. The van der Waals surface area contributed by atoms with Crippen LogP contribution in [-0.4, -0.2) is 175 Å². The largest absolute Gasteiger partial charge is 0.459 e. The summed E-state index contributed by atoms with van der Waals surface area (Å²) in [6.45, 7) is 17.3. The lowest BCUT2D eigenvalue weighted by Crippen LogP contribution is -2.61. The Morgan fingerprint density at radius 2 is 1.55 bits per heavy atom. The van der Waals surface area contributed by atoms with Gasteiger partial charge in [0.1, 0.15) is 23.9 Å². The van der Waals surface area contributed by atoms with Crippen molar-refractivity contribution in [1.82, 2.24) is 4.90 Å². The Bertz CT molecular complexity index is 1300. The molecule has 340 valence electrons. The number of aliphatic hydroxyl groups excluding tert-OH is 3. The summed E-state index contributed by atoms with van der Waals surface area (Å²) < 4.78 is 48.1. The zero-order valence-corrected chi connectivity index (χ0v) is 37.3. The molecule has 58 heavy (non-hydrogen) atoms. The van der Waals surface area contributed by atoms with E-state index in [1.807, 2.05) is 32.8 Å². The van der Waals surface area contributed by atoms with E-state index in [0.29, 0.717) is 18.7 Å². The maximum absolute atomic E-state index is 14.3. The highest BCUT2D eigenvalue weighted by molar-refractivity contribution is 5.88. The molecule has 0 saturated carbocycles. The Labute approximate surface area is 345 Å². The van der Waals surface area contributed by atoms with Crippen LogP contribution >= 0.6 is 0 Å². The van der Waals surface area contributed by atoms with E-state index < -0.39 is 102 Å². The minimum absolute atomic E-state index is 0.0307. The fourth-order valence-electron chi connectivity index (χ4n) is 8.93. The molecule has 18 atom stereocenters. The van der Waals surface area contributed by atoms with Gasteiger partial charge in [0.15, 0.2) is 12.6 Å². The number of aliphatic hydroxyl groups is 5. The van der Waals surface area contributed by atoms with E-state index in [1.165, 1.54) is 14.0 Å². The van der Waals surface area contributed by atoms with Crippen molar-refractivity contribution in [1.29, 1.82) is 0 Å². The molecule has 17 heteroatoms. The van der Waals surface area contributed by atoms with Gasteiger partial charge in [-0.25, -0.2) is 0 Å². The first kappa shape index (κ1) is 50.8. The first-order chi connectivity index (χ1) is 27.0. The summed E-state index contributed by atoms with van der Waals surface area (Å²) in [5.41, 5.74) is -4.49. The van der Waals surface area contributed by atoms with Crippen molar-refractivity contribution in [3.05, 3.63) is 0 Å². The van der Waals surface area contributed by atoms with Gasteiger partial charge >= 0.3 is 5.97 Å². The Hall–Kier alpha value is -1.58. The molecule has 0 aromatic carbocycles. The quantitative estimate of drug-likeness (QED) is 0.0778. The maximum atomic E-state index is 14.3. The van der Waals surface area contributed by atoms with E-state index in [1.54, 1.807) is 55.6 Å². The van der Waals surface area contributed by atoms with E-state index in [9.17, 15) is 30.3 Å². The van der Waals surface area contributed by atoms with Gasteiger partial charge in [-0.3, -0.25) is 4.79 Å². The Morgan fingerprint density at radius 3 is 2.14 bits per heavy atom. The molecule has 0 amide bonds. The summed E-state index contributed by atoms with van der Waals surface area (Å²) in [7, 11) is 6.76. The van der Waals surface area contributed by atoms with Crippen LogP contribution in [0.15, 0.2) is 5.16 Å². The molecular formula is C41H76N2O15. The number of cyclic esters (lactones) is 1. The van der Waals surface area contributed by atoms with Gasteiger partial charge in [-0.2, -0.15) is 0 Å². The van der Waals surface area contributed by atoms with E-state index in [4.69, 9.17) is 42.7 Å². The molecule has 0 radical (unpaired) electrons. The van der Waals surface area contributed by atoms with Crippen LogP contribution in [0.4, 0.5) is 0 Å². The van der Waals surface area contributed by atoms with Crippen molar-refractivity contribution in [2.24, 2.45) is 28.8 Å². The van der Waals surface area contributed by atoms with Gasteiger partial charge in [0.2, 0.25) is 6.79 Å². The van der Waals surface area contributed by atoms with Crippen molar-refractivity contribution in [3.63, 3.8) is 0 Å². The molecule has 3 rings (SSSR count). The highest BCUT2D eigenvalue weighted by atomic mass is 16.7. The molecule has 3 saturated heterocycles. The zero-order valence-electron chi connectivity index (χ0n) is 37.3. The predicted molar refractivity (Wildman–Crippen MR) is 212 cm³/mol. The molecule has 1 unspecified atom stereocenters. The number of hydrogen-bond donors (Lipinski definition) is 5. The van der Waals surface area contributed by atoms with E-state index in [0.717, 1.165) is 0 Å². The topological polar surface area (TPSA) is 217 Å². The number of nitrogens with zero attached hydrogens (tertiary/aromatic N) is 2. The van der Waals surface area contributed by atoms with Crippen LogP contribution < -0.4 is 0 Å². The summed E-state index contributed by atoms with van der Waals surface area (Å²) in [6, 6.07) is -0.328. The average Bonchev–Trinajstić information content (AvgIpc) is 3.15. The summed E-state index contributed by atoms with van der Waals surface area (Å²) >= 11 is 0. The summed E-state index contributed by atoms with van der Waals surface area (Å²) in [5.74, 6) is -4.14. The lowest BCUT2D eigenvalue weighted by molar-refractivity contribution is -0.317. The number of methoxy groups -OCH3 is 2. The molecule has 5 N–H and O–H groups in total. The van der Waals surface area contributed by atoms with Gasteiger partial charge in [0.05, 0.1) is 66.6 Å². The van der Waals surface area contributed by atoms with Crippen LogP contribution in [0.1, 0.15) is 94.9 Å². The number of esters is 1. The number of rotatable bonds is 13. The molecule has 3 fully saturated rings. The number of hydrogen-bond acceptors (Lipinski definition) is 17. The van der Waals surface area contributed by atoms with Crippen LogP contribution in [0, 0.1) is 23.7 Å². The second-order valence-electron chi connectivity index (χ2n) is 17.7. The second-order valence-corrected chi connectivity index (χ2v) is 17.7. The zero-order chi connectivity index (χ0) is 43.9. The van der Waals surface area contributed by atoms with Gasteiger partial charge in [0, 0.05) is 44.4 Å². The lowest BCUT2D eigenvalue weighted by Gasteiger charge is -2.49. The number of ether oxygens (including phenoxy) is 8. The summed E-state index contributed by atoms with van der Waals surface area (Å²) in [4.78, 5) is 21.8. The summed E-state index contributed by atoms with van der Waals surface area (Å²) in [6.07, 6.45) is -9.49. The van der Waals surface area contributed by atoms with Crippen molar-refractivity contribution >= 4 is 11.7 Å². The predicted octanol–water partition coefficient (Wildman–Crippen LogP) is 2.21. The van der Waals surface area contributed by atoms with Crippen LogP contribution in [0.3, 0.4) is 0 Å². The molecule has 3 heterocycles. The molecule has 0 aromatic heterocycles. The van der Waals surface area contributed by atoms with Crippen LogP contribution in [0.5, 0.6) is 0 Å². The molecule has 3 aliphatic heterocycles. The monoisotopic (exact) mass is 837 g/mol. The van der Waals surface area contributed by atoms with Gasteiger partial charge in [-0.1, -0.05) is 32.9 Å². The molecular weight excluding hydrogens is 760 g/mol. The number of carbonyl (C=O) groups excluding carboxylic acids is 1. The Kier molecular flexibility index (Phi) is 18.8. The number of oxime groups is 1. The number of likely N-dealkylation sites (N-methyl/N-ethyl adjacent to an activating group) is 1. The molecule has 0 aromatic rings. The summed E-state index contributed by atoms with van der Waals surface area (Å²) in [5, 5.41) is 63.6. The lowest BCUT2D eigenvalue weighted by atomic mass is 9.73. The van der Waals surface area contributed by atoms with Crippen molar-refractivity contribution < 1.29 is 73.1 Å². The van der Waals surface area contributed by atoms with Crippen molar-refractivity contribution in [2.45, 2.75) is 179 Å². The third kappa shape index (κ3) is 12.1. The van der Waals surface area contributed by atoms with E-state index in [2.05, 4.69) is 5.16 Å². The average molecular weight is 837 g/mol. The van der Waals surface area contributed by atoms with Gasteiger partial charge in [0.25, 0.3) is 0 Å². The SMILES string of the molecule is CC[C@H]1OC(=O)[C@H](C)[C@@H](O[C@H]2C[C@@](C)(OC)[C@@H](O)[C@H](C)O2)[C@H](C)[C@@H](O[C@@H]2O[C@H](C)C[C@H](N(C)C)[C@H]2O)[C@](C)(O)C[C@@H](C)C(=NOCOCCOC)C(C)[C@@H](O)[C@]1(C)O. The maximum Gasteiger partial charge on any atom is 0.311 e. The smallest absolute Gasteiger partial charge is 0.311 e. The third-order valence-electron chi connectivity index (χ3n) is 12.6.